The molecular weight excluding hydrogens is 543 g/mol. The largest absolute Gasteiger partial charge is 0.420 e. The Morgan fingerprint density at radius 2 is 1.87 bits per heavy atom. The number of amides is 1. The van der Waals surface area contributed by atoms with Crippen LogP contribution in [0.1, 0.15) is 47.1 Å². The van der Waals surface area contributed by atoms with Crippen LogP contribution in [0.5, 0.6) is 5.75 Å². The maximum absolute atomic E-state index is 14.0. The standard InChI is InChI=1S/C26H21ClF3N3O4S/c1-14(26(28,29)30)31-13-33(32-10-9-20(35)24(37-15(2)34)23(32)25(31)36)22-18-6-4-3-5-16(18)12-38-21-8-7-17(27)11-19(21)22/h3-11,14,22H,12-13H2,1-2H3/t14-,22-/m1/s1. The molecule has 0 N–H and O–H groups in total. The summed E-state index contributed by atoms with van der Waals surface area (Å²) in [5.74, 6) is -1.99. The Morgan fingerprint density at radius 1 is 1.13 bits per heavy atom. The molecule has 0 fully saturated rings. The molecule has 0 radical (unpaired) electrons. The van der Waals surface area contributed by atoms with E-state index in [0.29, 0.717) is 15.7 Å². The van der Waals surface area contributed by atoms with Crippen LogP contribution < -0.4 is 15.2 Å². The molecule has 2 atom stereocenters. The summed E-state index contributed by atoms with van der Waals surface area (Å²) in [6.07, 6.45) is -3.44. The highest BCUT2D eigenvalue weighted by Gasteiger charge is 2.48. The number of fused-ring (bicyclic) bond motifs is 3. The first-order valence-electron chi connectivity index (χ1n) is 11.6. The minimum atomic E-state index is -4.75. The van der Waals surface area contributed by atoms with Gasteiger partial charge in [0.25, 0.3) is 5.91 Å². The third-order valence-corrected chi connectivity index (χ3v) is 7.93. The van der Waals surface area contributed by atoms with E-state index in [4.69, 9.17) is 16.3 Å². The van der Waals surface area contributed by atoms with Gasteiger partial charge in [-0.2, -0.15) is 13.2 Å². The fourth-order valence-electron chi connectivity index (χ4n) is 4.71. The van der Waals surface area contributed by atoms with Crippen molar-refractivity contribution < 1.29 is 27.5 Å². The van der Waals surface area contributed by atoms with Crippen LogP contribution >= 0.6 is 23.4 Å². The molecular formula is C26H21ClF3N3O4S. The van der Waals surface area contributed by atoms with Gasteiger partial charge in [0.05, 0.1) is 6.04 Å². The van der Waals surface area contributed by atoms with E-state index in [1.54, 1.807) is 28.9 Å². The van der Waals surface area contributed by atoms with E-state index in [1.807, 2.05) is 30.3 Å². The second-order valence-electron chi connectivity index (χ2n) is 8.94. The van der Waals surface area contributed by atoms with E-state index >= 15 is 0 Å². The van der Waals surface area contributed by atoms with Gasteiger partial charge in [-0.1, -0.05) is 35.9 Å². The van der Waals surface area contributed by atoms with Gasteiger partial charge in [0.15, 0.2) is 5.69 Å². The maximum Gasteiger partial charge on any atom is 0.408 e. The highest BCUT2D eigenvalue weighted by Crippen LogP contribution is 2.44. The number of nitrogens with zero attached hydrogens (tertiary/aromatic N) is 3. The molecule has 0 unspecified atom stereocenters. The van der Waals surface area contributed by atoms with Gasteiger partial charge in [0.2, 0.25) is 11.2 Å². The lowest BCUT2D eigenvalue weighted by atomic mass is 9.94. The van der Waals surface area contributed by atoms with Crippen molar-refractivity contribution in [1.29, 1.82) is 0 Å². The summed E-state index contributed by atoms with van der Waals surface area (Å²) in [6.45, 7) is 1.45. The quantitative estimate of drug-likeness (QED) is 0.412. The molecule has 0 saturated heterocycles. The van der Waals surface area contributed by atoms with Gasteiger partial charge in [0.1, 0.15) is 12.7 Å². The van der Waals surface area contributed by atoms with Crippen molar-refractivity contribution in [3.63, 3.8) is 0 Å². The normalized spacial score (nSPS) is 17.7. The summed E-state index contributed by atoms with van der Waals surface area (Å²) < 4.78 is 48.3. The number of halogens is 4. The van der Waals surface area contributed by atoms with Crippen molar-refractivity contribution >= 4 is 35.2 Å². The average molecular weight is 564 g/mol. The minimum Gasteiger partial charge on any atom is -0.420 e. The predicted molar refractivity (Wildman–Crippen MR) is 136 cm³/mol. The second kappa shape index (κ2) is 9.70. The number of carbonyl (C=O) groups excluding carboxylic acids is 2. The highest BCUT2D eigenvalue weighted by atomic mass is 35.5. The molecule has 1 amide bonds. The molecule has 0 saturated carbocycles. The fraction of sp³-hybridized carbons (Fsp3) is 0.269. The van der Waals surface area contributed by atoms with Gasteiger partial charge in [-0.25, -0.2) is 0 Å². The van der Waals surface area contributed by atoms with E-state index in [1.165, 1.54) is 10.9 Å². The van der Waals surface area contributed by atoms with Gasteiger partial charge in [-0.3, -0.25) is 24.1 Å². The molecule has 0 spiro atoms. The number of esters is 1. The summed E-state index contributed by atoms with van der Waals surface area (Å²) >= 11 is 7.94. The molecule has 2 aliphatic rings. The summed E-state index contributed by atoms with van der Waals surface area (Å²) in [5.41, 5.74) is 1.20. The number of hydrogen-bond donors (Lipinski definition) is 0. The number of hydrogen-bond acceptors (Lipinski definition) is 6. The number of rotatable bonds is 3. The van der Waals surface area contributed by atoms with Gasteiger partial charge in [0, 0.05) is 34.9 Å². The Labute approximate surface area is 224 Å². The van der Waals surface area contributed by atoms with Crippen molar-refractivity contribution in [2.24, 2.45) is 0 Å². The van der Waals surface area contributed by atoms with Crippen LogP contribution in [0.15, 0.2) is 64.4 Å². The van der Waals surface area contributed by atoms with Crippen molar-refractivity contribution in [3.8, 4) is 5.75 Å². The molecule has 0 aliphatic carbocycles. The van der Waals surface area contributed by atoms with Crippen LogP contribution in [-0.2, 0) is 10.5 Å². The zero-order chi connectivity index (χ0) is 27.4. The molecule has 3 heterocycles. The molecule has 5 rings (SSSR count). The van der Waals surface area contributed by atoms with Crippen LogP contribution in [0.4, 0.5) is 13.2 Å². The van der Waals surface area contributed by atoms with Gasteiger partial charge < -0.3 is 9.64 Å². The van der Waals surface area contributed by atoms with Crippen LogP contribution in [0.2, 0.25) is 5.02 Å². The number of thioether (sulfide) groups is 1. The SMILES string of the molecule is CC(=O)Oc1c2n(ccc1=O)N([C@@H]1c3ccccc3CSc3ccc(Cl)cc31)CN([C@H](C)C(F)(F)F)C2=O. The molecule has 2 aliphatic heterocycles. The van der Waals surface area contributed by atoms with Crippen molar-refractivity contribution in [2.45, 2.75) is 42.8 Å². The zero-order valence-corrected chi connectivity index (χ0v) is 21.7. The van der Waals surface area contributed by atoms with E-state index < -0.39 is 53.7 Å². The number of aromatic nitrogens is 1. The second-order valence-corrected chi connectivity index (χ2v) is 10.4. The van der Waals surface area contributed by atoms with E-state index in [9.17, 15) is 27.6 Å². The van der Waals surface area contributed by atoms with Gasteiger partial charge in [-0.05, 0) is 41.8 Å². The Hall–Kier alpha value is -3.44. The average Bonchev–Trinajstić information content (AvgIpc) is 3.01. The summed E-state index contributed by atoms with van der Waals surface area (Å²) in [6, 6.07) is 11.1. The first-order chi connectivity index (χ1) is 18.0. The van der Waals surface area contributed by atoms with Gasteiger partial charge >= 0.3 is 12.1 Å². The number of benzene rings is 2. The number of ether oxygens (including phenoxy) is 1. The molecule has 2 aromatic carbocycles. The Kier molecular flexibility index (Phi) is 6.68. The van der Waals surface area contributed by atoms with Crippen LogP contribution in [0, 0.1) is 0 Å². The molecule has 38 heavy (non-hydrogen) atoms. The molecule has 3 aromatic rings. The lowest BCUT2D eigenvalue weighted by Crippen LogP contribution is -2.60. The first-order valence-corrected chi connectivity index (χ1v) is 12.9. The highest BCUT2D eigenvalue weighted by molar-refractivity contribution is 7.98. The minimum absolute atomic E-state index is 0.433. The van der Waals surface area contributed by atoms with Crippen molar-refractivity contribution in [3.05, 3.63) is 92.4 Å². The van der Waals surface area contributed by atoms with Crippen molar-refractivity contribution in [2.75, 3.05) is 11.7 Å². The molecule has 7 nitrogen and oxygen atoms in total. The van der Waals surface area contributed by atoms with Crippen molar-refractivity contribution in [1.82, 2.24) is 9.58 Å². The zero-order valence-electron chi connectivity index (χ0n) is 20.2. The molecule has 12 heteroatoms. The number of carbonyl (C=O) groups is 2. The first kappa shape index (κ1) is 26.2. The molecule has 0 bridgehead atoms. The Bertz CT molecular complexity index is 1510. The summed E-state index contributed by atoms with van der Waals surface area (Å²) in [4.78, 5) is 39.5. The lowest BCUT2D eigenvalue weighted by molar-refractivity contribution is -0.173. The van der Waals surface area contributed by atoms with Crippen LogP contribution in [-0.4, -0.2) is 40.3 Å². The fourth-order valence-corrected chi connectivity index (χ4v) is 5.96. The summed E-state index contributed by atoms with van der Waals surface area (Å²) in [5, 5.41) is 1.99. The molecule has 198 valence electrons. The lowest BCUT2D eigenvalue weighted by Gasteiger charge is -2.46. The topological polar surface area (TPSA) is 71.8 Å². The maximum atomic E-state index is 14.0. The van der Waals surface area contributed by atoms with Crippen LogP contribution in [0.25, 0.3) is 0 Å². The predicted octanol–water partition coefficient (Wildman–Crippen LogP) is 5.12. The molecule has 1 aromatic heterocycles. The number of alkyl halides is 3. The third kappa shape index (κ3) is 4.54. The monoisotopic (exact) mass is 563 g/mol. The van der Waals surface area contributed by atoms with E-state index in [0.717, 1.165) is 41.5 Å². The van der Waals surface area contributed by atoms with Gasteiger partial charge in [-0.15, -0.1) is 11.8 Å². The van der Waals surface area contributed by atoms with E-state index in [2.05, 4.69) is 0 Å². The smallest absolute Gasteiger partial charge is 0.408 e. The Balaban J connectivity index is 1.81. The third-order valence-electron chi connectivity index (χ3n) is 6.56. The van der Waals surface area contributed by atoms with Crippen LogP contribution in [0.3, 0.4) is 0 Å². The van der Waals surface area contributed by atoms with E-state index in [-0.39, 0.29) is 0 Å². The summed E-state index contributed by atoms with van der Waals surface area (Å²) in [7, 11) is 0. The number of pyridine rings is 1. The Morgan fingerprint density at radius 3 is 2.58 bits per heavy atom.